The van der Waals surface area contributed by atoms with Crippen molar-refractivity contribution in [3.8, 4) is 0 Å². The Morgan fingerprint density at radius 3 is 2.55 bits per heavy atom. The highest BCUT2D eigenvalue weighted by molar-refractivity contribution is 8.00. The first-order chi connectivity index (χ1) is 10.6. The molecule has 1 saturated carbocycles. The van der Waals surface area contributed by atoms with Crippen molar-refractivity contribution in [3.63, 3.8) is 0 Å². The number of hydrogen-bond acceptors (Lipinski definition) is 2. The molecule has 1 aliphatic heterocycles. The molecule has 1 heterocycles. The monoisotopic (exact) mass is 321 g/mol. The molecule has 3 unspecified atom stereocenters. The Bertz CT molecular complexity index is 488. The first-order valence-corrected chi connectivity index (χ1v) is 9.79. The molecule has 3 rings (SSSR count). The van der Waals surface area contributed by atoms with Crippen LogP contribution in [0.25, 0.3) is 0 Å². The largest absolute Gasteiger partial charge is 0.358 e. The van der Waals surface area contributed by atoms with Crippen molar-refractivity contribution in [2.45, 2.75) is 76.3 Å². The van der Waals surface area contributed by atoms with Gasteiger partial charge in [0.15, 0.2) is 0 Å². The predicted octanol–water partition coefficient (Wildman–Crippen LogP) is 6.05. The maximum atomic E-state index is 14.3. The van der Waals surface area contributed by atoms with E-state index in [4.69, 9.17) is 0 Å². The van der Waals surface area contributed by atoms with E-state index in [0.717, 1.165) is 16.7 Å². The summed E-state index contributed by atoms with van der Waals surface area (Å²) in [5.74, 6) is 1.46. The van der Waals surface area contributed by atoms with Crippen LogP contribution in [0.15, 0.2) is 18.2 Å². The van der Waals surface area contributed by atoms with Crippen molar-refractivity contribution >= 4 is 17.4 Å². The molecule has 3 heteroatoms. The van der Waals surface area contributed by atoms with Gasteiger partial charge >= 0.3 is 0 Å². The van der Waals surface area contributed by atoms with Crippen LogP contribution in [0, 0.1) is 0 Å². The molecule has 0 spiro atoms. The number of fused-ring (bicyclic) bond motifs is 1. The number of para-hydroxylation sites is 1. The maximum absolute atomic E-state index is 14.3. The number of anilines is 1. The second-order valence-electron chi connectivity index (χ2n) is 7.07. The topological polar surface area (TPSA) is 3.24 Å². The van der Waals surface area contributed by atoms with Crippen LogP contribution in [0.1, 0.15) is 76.1 Å². The number of alkyl halides is 1. The summed E-state index contributed by atoms with van der Waals surface area (Å²) in [4.78, 5) is 2.54. The van der Waals surface area contributed by atoms with E-state index in [1.165, 1.54) is 43.4 Å². The van der Waals surface area contributed by atoms with Gasteiger partial charge in [0, 0.05) is 22.5 Å². The summed E-state index contributed by atoms with van der Waals surface area (Å²) in [5.41, 5.74) is 3.40. The average Bonchev–Trinajstić information content (AvgIpc) is 2.74. The quantitative estimate of drug-likeness (QED) is 0.666. The molecule has 0 bridgehead atoms. The first kappa shape index (κ1) is 16.2. The Hall–Kier alpha value is -0.700. The summed E-state index contributed by atoms with van der Waals surface area (Å²) in [6, 6.07) is 6.81. The molecule has 122 valence electrons. The third-order valence-electron chi connectivity index (χ3n) is 5.18. The van der Waals surface area contributed by atoms with Gasteiger partial charge in [-0.3, -0.25) is 0 Å². The summed E-state index contributed by atoms with van der Waals surface area (Å²) in [6.07, 6.45) is 5.74. The van der Waals surface area contributed by atoms with Gasteiger partial charge in [-0.15, -0.1) is 11.8 Å². The van der Waals surface area contributed by atoms with Crippen molar-refractivity contribution in [1.29, 1.82) is 0 Å². The molecule has 1 aromatic carbocycles. The van der Waals surface area contributed by atoms with Crippen molar-refractivity contribution in [3.05, 3.63) is 29.3 Å². The van der Waals surface area contributed by atoms with Gasteiger partial charge in [0.25, 0.3) is 0 Å². The van der Waals surface area contributed by atoms with E-state index in [2.05, 4.69) is 36.6 Å². The molecule has 0 aromatic heterocycles. The molecule has 0 N–H and O–H groups in total. The van der Waals surface area contributed by atoms with Crippen molar-refractivity contribution in [2.24, 2.45) is 0 Å². The summed E-state index contributed by atoms with van der Waals surface area (Å²) in [7, 11) is 0. The fourth-order valence-electron chi connectivity index (χ4n) is 4.01. The van der Waals surface area contributed by atoms with Gasteiger partial charge in [0.05, 0.1) is 5.88 Å². The minimum atomic E-state index is -0.900. The summed E-state index contributed by atoms with van der Waals surface area (Å²) in [5, 5.41) is 0.741. The van der Waals surface area contributed by atoms with Crippen molar-refractivity contribution < 1.29 is 4.39 Å². The second kappa shape index (κ2) is 6.82. The number of rotatable bonds is 3. The number of halogens is 1. The lowest BCUT2D eigenvalue weighted by atomic mass is 9.93. The zero-order valence-electron chi connectivity index (χ0n) is 14.0. The third-order valence-corrected chi connectivity index (χ3v) is 6.59. The lowest BCUT2D eigenvalue weighted by Crippen LogP contribution is -2.35. The van der Waals surface area contributed by atoms with Crippen LogP contribution in [0.5, 0.6) is 0 Å². The molecular formula is C19H28FNS. The molecule has 1 aromatic rings. The lowest BCUT2D eigenvalue weighted by molar-refractivity contribution is 0.373. The van der Waals surface area contributed by atoms with E-state index in [9.17, 15) is 4.39 Å². The van der Waals surface area contributed by atoms with Gasteiger partial charge in [-0.1, -0.05) is 51.3 Å². The van der Waals surface area contributed by atoms with Crippen LogP contribution in [-0.2, 0) is 0 Å². The van der Waals surface area contributed by atoms with E-state index >= 15 is 0 Å². The van der Waals surface area contributed by atoms with Crippen LogP contribution < -0.4 is 4.90 Å². The molecule has 0 radical (unpaired) electrons. The van der Waals surface area contributed by atoms with E-state index in [1.54, 1.807) is 6.92 Å². The first-order valence-electron chi connectivity index (χ1n) is 8.74. The highest BCUT2D eigenvalue weighted by atomic mass is 32.2. The van der Waals surface area contributed by atoms with Gasteiger partial charge in [-0.25, -0.2) is 4.39 Å². The molecule has 1 nitrogen and oxygen atoms in total. The number of benzene rings is 1. The smallest absolute Gasteiger partial charge is 0.124 e. The Balaban J connectivity index is 2.02. The molecule has 2 aliphatic rings. The Labute approximate surface area is 138 Å². The Morgan fingerprint density at radius 2 is 1.82 bits per heavy atom. The SMILES string of the molecule is CC(C)c1cccc(C(C)F)c1N1CSC2CCCCCC21. The van der Waals surface area contributed by atoms with Crippen LogP contribution in [-0.4, -0.2) is 17.2 Å². The van der Waals surface area contributed by atoms with Crippen LogP contribution in [0.4, 0.5) is 10.1 Å². The van der Waals surface area contributed by atoms with E-state index in [-0.39, 0.29) is 0 Å². The van der Waals surface area contributed by atoms with Gasteiger partial charge in [-0.2, -0.15) is 0 Å². The molecule has 0 amide bonds. The van der Waals surface area contributed by atoms with Crippen LogP contribution in [0.3, 0.4) is 0 Å². The summed E-state index contributed by atoms with van der Waals surface area (Å²) in [6.45, 7) is 6.12. The molecule has 1 saturated heterocycles. The number of thioether (sulfide) groups is 1. The van der Waals surface area contributed by atoms with E-state index in [1.807, 2.05) is 12.1 Å². The van der Waals surface area contributed by atoms with Gasteiger partial charge < -0.3 is 4.90 Å². The van der Waals surface area contributed by atoms with E-state index < -0.39 is 6.17 Å². The zero-order valence-corrected chi connectivity index (χ0v) is 14.8. The van der Waals surface area contributed by atoms with Crippen molar-refractivity contribution in [1.82, 2.24) is 0 Å². The summed E-state index contributed by atoms with van der Waals surface area (Å²) < 4.78 is 14.3. The normalized spacial score (nSPS) is 26.9. The predicted molar refractivity (Wildman–Crippen MR) is 95.7 cm³/mol. The Morgan fingerprint density at radius 1 is 1.09 bits per heavy atom. The standard InChI is InChI=1S/C19H28FNS/c1-13(2)15-8-7-9-16(14(3)20)19(15)21-12-22-18-11-6-4-5-10-17(18)21/h7-9,13-14,17-18H,4-6,10-12H2,1-3H3. The number of nitrogens with zero attached hydrogens (tertiary/aromatic N) is 1. The minimum absolute atomic E-state index is 0.434. The van der Waals surface area contributed by atoms with Crippen LogP contribution >= 0.6 is 11.8 Å². The van der Waals surface area contributed by atoms with E-state index in [0.29, 0.717) is 12.0 Å². The molecule has 3 atom stereocenters. The fourth-order valence-corrected chi connectivity index (χ4v) is 5.52. The number of hydrogen-bond donors (Lipinski definition) is 0. The fraction of sp³-hybridized carbons (Fsp3) is 0.684. The highest BCUT2D eigenvalue weighted by Gasteiger charge is 2.37. The van der Waals surface area contributed by atoms with Gasteiger partial charge in [0.2, 0.25) is 0 Å². The molecular weight excluding hydrogens is 293 g/mol. The minimum Gasteiger partial charge on any atom is -0.358 e. The molecule has 2 fully saturated rings. The third kappa shape index (κ3) is 3.02. The zero-order chi connectivity index (χ0) is 15.7. The van der Waals surface area contributed by atoms with Gasteiger partial charge in [-0.05, 0) is 31.2 Å². The van der Waals surface area contributed by atoms with Crippen molar-refractivity contribution in [2.75, 3.05) is 10.8 Å². The maximum Gasteiger partial charge on any atom is 0.124 e. The molecule has 22 heavy (non-hydrogen) atoms. The Kier molecular flexibility index (Phi) is 5.01. The lowest BCUT2D eigenvalue weighted by Gasteiger charge is -2.33. The second-order valence-corrected chi connectivity index (χ2v) is 8.26. The average molecular weight is 322 g/mol. The summed E-state index contributed by atoms with van der Waals surface area (Å²) >= 11 is 2.09. The van der Waals surface area contributed by atoms with Gasteiger partial charge in [0.1, 0.15) is 6.17 Å². The highest BCUT2D eigenvalue weighted by Crippen LogP contribution is 2.45. The molecule has 1 aliphatic carbocycles. The van der Waals surface area contributed by atoms with Crippen LogP contribution in [0.2, 0.25) is 0 Å².